The van der Waals surface area contributed by atoms with Gasteiger partial charge in [-0.3, -0.25) is 4.79 Å². The number of nitrogens with one attached hydrogen (secondary N) is 2. The number of amides is 3. The molecule has 5 nitrogen and oxygen atoms in total. The standard InChI is InChI=1S/C15H14ClN3O2/c1-9-12(14(17)20)3-2-4-13(9)19-15(21)18-11-7-5-10(16)6-8-11/h2-8H,1H3,(H2,17,20)(H2,18,19,21). The van der Waals surface area contributed by atoms with E-state index in [0.29, 0.717) is 27.5 Å². The summed E-state index contributed by atoms with van der Waals surface area (Å²) in [6.07, 6.45) is 0. The van der Waals surface area contributed by atoms with E-state index in [2.05, 4.69) is 10.6 Å². The number of nitrogens with two attached hydrogens (primary N) is 1. The van der Waals surface area contributed by atoms with Crippen molar-refractivity contribution >= 4 is 34.9 Å². The van der Waals surface area contributed by atoms with Gasteiger partial charge >= 0.3 is 6.03 Å². The van der Waals surface area contributed by atoms with Crippen molar-refractivity contribution in [2.45, 2.75) is 6.92 Å². The summed E-state index contributed by atoms with van der Waals surface area (Å²) < 4.78 is 0. The summed E-state index contributed by atoms with van der Waals surface area (Å²) in [4.78, 5) is 23.2. The molecule has 0 fully saturated rings. The summed E-state index contributed by atoms with van der Waals surface area (Å²) in [5, 5.41) is 5.94. The van der Waals surface area contributed by atoms with Crippen molar-refractivity contribution in [1.82, 2.24) is 0 Å². The quantitative estimate of drug-likeness (QED) is 0.812. The molecule has 0 aromatic heterocycles. The largest absolute Gasteiger partial charge is 0.366 e. The number of hydrogen-bond donors (Lipinski definition) is 3. The molecule has 4 N–H and O–H groups in total. The van der Waals surface area contributed by atoms with Crippen molar-refractivity contribution < 1.29 is 9.59 Å². The first-order valence-corrected chi connectivity index (χ1v) is 6.58. The zero-order chi connectivity index (χ0) is 15.4. The molecular formula is C15H14ClN3O2. The molecule has 0 radical (unpaired) electrons. The maximum absolute atomic E-state index is 11.9. The van der Waals surface area contributed by atoms with Crippen LogP contribution in [0.5, 0.6) is 0 Å². The molecule has 2 rings (SSSR count). The van der Waals surface area contributed by atoms with E-state index in [1.807, 2.05) is 0 Å². The molecule has 0 aliphatic carbocycles. The molecule has 21 heavy (non-hydrogen) atoms. The Morgan fingerprint density at radius 2 is 1.71 bits per heavy atom. The Bertz CT molecular complexity index is 684. The van der Waals surface area contributed by atoms with Gasteiger partial charge in [0.15, 0.2) is 0 Å². The van der Waals surface area contributed by atoms with Crippen LogP contribution in [0.3, 0.4) is 0 Å². The van der Waals surface area contributed by atoms with Gasteiger partial charge in [0.25, 0.3) is 0 Å². The van der Waals surface area contributed by atoms with Crippen LogP contribution in [-0.4, -0.2) is 11.9 Å². The number of urea groups is 1. The highest BCUT2D eigenvalue weighted by atomic mass is 35.5. The van der Waals surface area contributed by atoms with Gasteiger partial charge in [0, 0.05) is 22.0 Å². The minimum Gasteiger partial charge on any atom is -0.366 e. The smallest absolute Gasteiger partial charge is 0.323 e. The van der Waals surface area contributed by atoms with E-state index < -0.39 is 11.9 Å². The van der Waals surface area contributed by atoms with Gasteiger partial charge in [-0.1, -0.05) is 17.7 Å². The lowest BCUT2D eigenvalue weighted by molar-refractivity contribution is 0.0999. The molecule has 108 valence electrons. The number of anilines is 2. The summed E-state index contributed by atoms with van der Waals surface area (Å²) >= 11 is 5.77. The maximum Gasteiger partial charge on any atom is 0.323 e. The van der Waals surface area contributed by atoms with Crippen LogP contribution in [0.4, 0.5) is 16.2 Å². The Morgan fingerprint density at radius 1 is 1.05 bits per heavy atom. The fraction of sp³-hybridized carbons (Fsp3) is 0.0667. The average molecular weight is 304 g/mol. The third-order valence-corrected chi connectivity index (χ3v) is 3.20. The third-order valence-electron chi connectivity index (χ3n) is 2.95. The molecule has 0 atom stereocenters. The van der Waals surface area contributed by atoms with Crippen molar-refractivity contribution in [2.75, 3.05) is 10.6 Å². The number of rotatable bonds is 3. The highest BCUT2D eigenvalue weighted by molar-refractivity contribution is 6.30. The maximum atomic E-state index is 11.9. The number of benzene rings is 2. The van der Waals surface area contributed by atoms with Gasteiger partial charge in [0.1, 0.15) is 0 Å². The first kappa shape index (κ1) is 14.9. The van der Waals surface area contributed by atoms with Gasteiger partial charge in [-0.25, -0.2) is 4.79 Å². The number of carbonyl (C=O) groups excluding carboxylic acids is 2. The van der Waals surface area contributed by atoms with Gasteiger partial charge in [-0.2, -0.15) is 0 Å². The van der Waals surface area contributed by atoms with Crippen LogP contribution in [-0.2, 0) is 0 Å². The van der Waals surface area contributed by atoms with E-state index in [1.165, 1.54) is 0 Å². The second kappa shape index (κ2) is 6.28. The number of carbonyl (C=O) groups is 2. The Hall–Kier alpha value is -2.53. The van der Waals surface area contributed by atoms with Gasteiger partial charge in [0.05, 0.1) is 0 Å². The second-order valence-corrected chi connectivity index (χ2v) is 4.86. The predicted octanol–water partition coefficient (Wildman–Crippen LogP) is 3.39. The lowest BCUT2D eigenvalue weighted by Gasteiger charge is -2.11. The lowest BCUT2D eigenvalue weighted by atomic mass is 10.1. The molecule has 0 heterocycles. The molecule has 0 spiro atoms. The van der Waals surface area contributed by atoms with Crippen LogP contribution in [0.25, 0.3) is 0 Å². The van der Waals surface area contributed by atoms with Gasteiger partial charge in [-0.05, 0) is 48.9 Å². The van der Waals surface area contributed by atoms with E-state index >= 15 is 0 Å². The number of primary amides is 1. The first-order valence-electron chi connectivity index (χ1n) is 6.20. The van der Waals surface area contributed by atoms with E-state index in [4.69, 9.17) is 17.3 Å². The minimum absolute atomic E-state index is 0.374. The zero-order valence-corrected chi connectivity index (χ0v) is 12.1. The summed E-state index contributed by atoms with van der Waals surface area (Å²) in [5.74, 6) is -0.533. The Morgan fingerprint density at radius 3 is 2.33 bits per heavy atom. The van der Waals surface area contributed by atoms with Crippen molar-refractivity contribution in [1.29, 1.82) is 0 Å². The van der Waals surface area contributed by atoms with Crippen LogP contribution < -0.4 is 16.4 Å². The number of halogens is 1. The van der Waals surface area contributed by atoms with Crippen molar-refractivity contribution in [2.24, 2.45) is 5.73 Å². The highest BCUT2D eigenvalue weighted by Crippen LogP contribution is 2.19. The van der Waals surface area contributed by atoms with Crippen LogP contribution >= 0.6 is 11.6 Å². The zero-order valence-electron chi connectivity index (χ0n) is 11.3. The normalized spacial score (nSPS) is 10.0. The molecule has 0 unspecified atom stereocenters. The molecule has 0 aliphatic rings. The molecule has 0 saturated carbocycles. The average Bonchev–Trinajstić information content (AvgIpc) is 2.43. The van der Waals surface area contributed by atoms with Crippen LogP contribution in [0.2, 0.25) is 5.02 Å². The van der Waals surface area contributed by atoms with Crippen LogP contribution in [0.15, 0.2) is 42.5 Å². The van der Waals surface area contributed by atoms with Crippen LogP contribution in [0.1, 0.15) is 15.9 Å². The molecule has 6 heteroatoms. The SMILES string of the molecule is Cc1c(NC(=O)Nc2ccc(Cl)cc2)cccc1C(N)=O. The molecule has 2 aromatic carbocycles. The molecule has 0 bridgehead atoms. The van der Waals surface area contributed by atoms with Gasteiger partial charge < -0.3 is 16.4 Å². The highest BCUT2D eigenvalue weighted by Gasteiger charge is 2.10. The third kappa shape index (κ3) is 3.73. The van der Waals surface area contributed by atoms with E-state index in [0.717, 1.165) is 0 Å². The van der Waals surface area contributed by atoms with Crippen molar-refractivity contribution in [3.8, 4) is 0 Å². The molecular weight excluding hydrogens is 290 g/mol. The monoisotopic (exact) mass is 303 g/mol. The van der Waals surface area contributed by atoms with Gasteiger partial charge in [-0.15, -0.1) is 0 Å². The van der Waals surface area contributed by atoms with Crippen molar-refractivity contribution in [3.63, 3.8) is 0 Å². The summed E-state index contributed by atoms with van der Waals surface area (Å²) in [5.41, 5.74) is 7.41. The van der Waals surface area contributed by atoms with E-state index in [1.54, 1.807) is 49.4 Å². The molecule has 3 amide bonds. The summed E-state index contributed by atoms with van der Waals surface area (Å²) in [6, 6.07) is 11.3. The Kier molecular flexibility index (Phi) is 4.45. The summed E-state index contributed by atoms with van der Waals surface area (Å²) in [7, 11) is 0. The van der Waals surface area contributed by atoms with E-state index in [9.17, 15) is 9.59 Å². The fourth-order valence-corrected chi connectivity index (χ4v) is 1.98. The van der Waals surface area contributed by atoms with E-state index in [-0.39, 0.29) is 0 Å². The second-order valence-electron chi connectivity index (χ2n) is 4.43. The Balaban J connectivity index is 2.11. The Labute approximate surface area is 127 Å². The predicted molar refractivity (Wildman–Crippen MR) is 83.8 cm³/mol. The molecule has 0 aliphatic heterocycles. The lowest BCUT2D eigenvalue weighted by Crippen LogP contribution is -2.21. The number of hydrogen-bond acceptors (Lipinski definition) is 2. The first-order chi connectivity index (χ1) is 9.97. The molecule has 0 saturated heterocycles. The fourth-order valence-electron chi connectivity index (χ4n) is 1.86. The molecule has 2 aromatic rings. The topological polar surface area (TPSA) is 84.2 Å². The van der Waals surface area contributed by atoms with Crippen molar-refractivity contribution in [3.05, 3.63) is 58.6 Å². The van der Waals surface area contributed by atoms with Crippen LogP contribution in [0, 0.1) is 6.92 Å². The van der Waals surface area contributed by atoms with Gasteiger partial charge in [0.2, 0.25) is 5.91 Å². The summed E-state index contributed by atoms with van der Waals surface area (Å²) in [6.45, 7) is 1.72. The minimum atomic E-state index is -0.533.